The number of benzene rings is 3. The molecule has 0 saturated carbocycles. The Labute approximate surface area is 182 Å². The molecule has 1 aromatic heterocycles. The molecule has 5 nitrogen and oxygen atoms in total. The van der Waals surface area contributed by atoms with Gasteiger partial charge in [-0.15, -0.1) is 0 Å². The van der Waals surface area contributed by atoms with E-state index < -0.39 is 17.6 Å². The molecule has 4 aromatic rings. The van der Waals surface area contributed by atoms with Gasteiger partial charge in [0.2, 0.25) is 0 Å². The van der Waals surface area contributed by atoms with Crippen molar-refractivity contribution >= 4 is 23.1 Å². The van der Waals surface area contributed by atoms with E-state index in [9.17, 15) is 18.0 Å². The third kappa shape index (κ3) is 5.10. The number of aromatic nitrogens is 2. The zero-order valence-electron chi connectivity index (χ0n) is 16.6. The van der Waals surface area contributed by atoms with Gasteiger partial charge in [0.05, 0.1) is 11.3 Å². The molecule has 0 aliphatic heterocycles. The number of amides is 1. The normalized spacial score (nSPS) is 11.1. The van der Waals surface area contributed by atoms with Gasteiger partial charge in [-0.05, 0) is 48.5 Å². The largest absolute Gasteiger partial charge is 0.416 e. The minimum Gasteiger partial charge on any atom is -0.340 e. The molecule has 160 valence electrons. The van der Waals surface area contributed by atoms with Crippen molar-refractivity contribution in [1.29, 1.82) is 0 Å². The third-order valence-corrected chi connectivity index (χ3v) is 4.63. The fourth-order valence-electron chi connectivity index (χ4n) is 2.99. The topological polar surface area (TPSA) is 66.9 Å². The number of alkyl halides is 3. The lowest BCUT2D eigenvalue weighted by molar-refractivity contribution is -0.137. The van der Waals surface area contributed by atoms with Gasteiger partial charge in [0.25, 0.3) is 5.91 Å². The second-order valence-electron chi connectivity index (χ2n) is 6.89. The highest BCUT2D eigenvalue weighted by Crippen LogP contribution is 2.29. The van der Waals surface area contributed by atoms with Crippen LogP contribution in [0, 0.1) is 0 Å². The monoisotopic (exact) mass is 434 g/mol. The molecule has 0 radical (unpaired) electrons. The summed E-state index contributed by atoms with van der Waals surface area (Å²) in [6.45, 7) is 0. The predicted octanol–water partition coefficient (Wildman–Crippen LogP) is 6.16. The fourth-order valence-corrected chi connectivity index (χ4v) is 2.99. The number of halogens is 3. The summed E-state index contributed by atoms with van der Waals surface area (Å²) in [6, 6.07) is 22.5. The molecule has 0 bridgehead atoms. The van der Waals surface area contributed by atoms with Crippen LogP contribution < -0.4 is 10.6 Å². The van der Waals surface area contributed by atoms with E-state index in [4.69, 9.17) is 0 Å². The van der Waals surface area contributed by atoms with Crippen LogP contribution in [0.3, 0.4) is 0 Å². The lowest BCUT2D eigenvalue weighted by atomic mass is 10.1. The van der Waals surface area contributed by atoms with Crippen molar-refractivity contribution in [1.82, 2.24) is 9.97 Å². The van der Waals surface area contributed by atoms with Crippen LogP contribution in [0.25, 0.3) is 11.3 Å². The van der Waals surface area contributed by atoms with Crippen LogP contribution >= 0.6 is 0 Å². The molecule has 1 amide bonds. The van der Waals surface area contributed by atoms with E-state index in [1.54, 1.807) is 24.3 Å². The van der Waals surface area contributed by atoms with Gasteiger partial charge in [-0.25, -0.2) is 9.97 Å². The maximum absolute atomic E-state index is 12.7. The Morgan fingerprint density at radius 3 is 2.09 bits per heavy atom. The Morgan fingerprint density at radius 2 is 1.44 bits per heavy atom. The number of nitrogens with zero attached hydrogens (tertiary/aromatic N) is 2. The van der Waals surface area contributed by atoms with Gasteiger partial charge in [0, 0.05) is 28.6 Å². The SMILES string of the molecule is O=C(Nc1ccc(Nc2cc(-c3ccccc3)ncn2)cc1)c1ccc(C(F)(F)F)cc1. The summed E-state index contributed by atoms with van der Waals surface area (Å²) in [5, 5.41) is 5.84. The van der Waals surface area contributed by atoms with Gasteiger partial charge in [-0.3, -0.25) is 4.79 Å². The summed E-state index contributed by atoms with van der Waals surface area (Å²) in [6.07, 6.45) is -2.97. The number of carbonyl (C=O) groups is 1. The van der Waals surface area contributed by atoms with E-state index in [1.807, 2.05) is 36.4 Å². The zero-order valence-corrected chi connectivity index (χ0v) is 16.6. The van der Waals surface area contributed by atoms with Crippen molar-refractivity contribution < 1.29 is 18.0 Å². The van der Waals surface area contributed by atoms with Crippen molar-refractivity contribution in [2.45, 2.75) is 6.18 Å². The van der Waals surface area contributed by atoms with Gasteiger partial charge in [-0.2, -0.15) is 13.2 Å². The molecule has 4 rings (SSSR count). The van der Waals surface area contributed by atoms with Crippen LogP contribution in [0.4, 0.5) is 30.4 Å². The molecule has 2 N–H and O–H groups in total. The van der Waals surface area contributed by atoms with Crippen molar-refractivity contribution in [3.63, 3.8) is 0 Å². The third-order valence-electron chi connectivity index (χ3n) is 4.63. The van der Waals surface area contributed by atoms with Crippen molar-refractivity contribution in [2.24, 2.45) is 0 Å². The number of carbonyl (C=O) groups excluding carboxylic acids is 1. The first-order chi connectivity index (χ1) is 15.4. The smallest absolute Gasteiger partial charge is 0.340 e. The van der Waals surface area contributed by atoms with Gasteiger partial charge in [-0.1, -0.05) is 30.3 Å². The quantitative estimate of drug-likeness (QED) is 0.395. The van der Waals surface area contributed by atoms with Crippen LogP contribution in [-0.4, -0.2) is 15.9 Å². The van der Waals surface area contributed by atoms with E-state index in [0.717, 1.165) is 41.2 Å². The molecular formula is C24H17F3N4O. The molecule has 0 saturated heterocycles. The number of hydrogen-bond donors (Lipinski definition) is 2. The highest BCUT2D eigenvalue weighted by Gasteiger charge is 2.30. The van der Waals surface area contributed by atoms with E-state index in [-0.39, 0.29) is 5.56 Å². The molecule has 0 unspecified atom stereocenters. The number of rotatable bonds is 5. The van der Waals surface area contributed by atoms with Gasteiger partial charge < -0.3 is 10.6 Å². The van der Waals surface area contributed by atoms with Gasteiger partial charge in [0.15, 0.2) is 0 Å². The highest BCUT2D eigenvalue weighted by atomic mass is 19.4. The summed E-state index contributed by atoms with van der Waals surface area (Å²) < 4.78 is 38.0. The van der Waals surface area contributed by atoms with Gasteiger partial charge in [0.1, 0.15) is 12.1 Å². The summed E-state index contributed by atoms with van der Waals surface area (Å²) in [5.74, 6) is 0.114. The molecule has 32 heavy (non-hydrogen) atoms. The minimum atomic E-state index is -4.44. The molecule has 1 heterocycles. The molecular weight excluding hydrogens is 417 g/mol. The summed E-state index contributed by atoms with van der Waals surface area (Å²) in [5.41, 5.74) is 2.34. The van der Waals surface area contributed by atoms with E-state index in [0.29, 0.717) is 11.5 Å². The first-order valence-corrected chi connectivity index (χ1v) is 9.62. The van der Waals surface area contributed by atoms with Crippen molar-refractivity contribution in [3.05, 3.63) is 102 Å². The molecule has 0 spiro atoms. The van der Waals surface area contributed by atoms with E-state index in [2.05, 4.69) is 20.6 Å². The lowest BCUT2D eigenvalue weighted by Crippen LogP contribution is -2.12. The van der Waals surface area contributed by atoms with Crippen LogP contribution in [0.2, 0.25) is 0 Å². The number of hydrogen-bond acceptors (Lipinski definition) is 4. The molecule has 8 heteroatoms. The van der Waals surface area contributed by atoms with E-state index >= 15 is 0 Å². The Hall–Kier alpha value is -4.20. The number of anilines is 3. The molecule has 0 aliphatic carbocycles. The Kier molecular flexibility index (Phi) is 5.85. The number of nitrogens with one attached hydrogen (secondary N) is 2. The predicted molar refractivity (Wildman–Crippen MR) is 117 cm³/mol. The van der Waals surface area contributed by atoms with E-state index in [1.165, 1.54) is 6.33 Å². The van der Waals surface area contributed by atoms with Gasteiger partial charge >= 0.3 is 6.18 Å². The Bertz CT molecular complexity index is 1210. The Morgan fingerprint density at radius 1 is 0.781 bits per heavy atom. The second kappa shape index (κ2) is 8.89. The second-order valence-corrected chi connectivity index (χ2v) is 6.89. The molecule has 0 atom stereocenters. The average Bonchev–Trinajstić information content (AvgIpc) is 2.81. The zero-order chi connectivity index (χ0) is 22.6. The fraction of sp³-hybridized carbons (Fsp3) is 0.0417. The molecule has 0 fully saturated rings. The van der Waals surface area contributed by atoms with Crippen molar-refractivity contribution in [3.8, 4) is 11.3 Å². The summed E-state index contributed by atoms with van der Waals surface area (Å²) in [4.78, 5) is 20.8. The Balaban J connectivity index is 1.41. The van der Waals surface area contributed by atoms with Crippen LogP contribution in [0.15, 0.2) is 91.3 Å². The van der Waals surface area contributed by atoms with Crippen molar-refractivity contribution in [2.75, 3.05) is 10.6 Å². The maximum atomic E-state index is 12.7. The average molecular weight is 434 g/mol. The summed E-state index contributed by atoms with van der Waals surface area (Å²) >= 11 is 0. The first-order valence-electron chi connectivity index (χ1n) is 9.62. The van der Waals surface area contributed by atoms with Crippen LogP contribution in [-0.2, 0) is 6.18 Å². The standard InChI is InChI=1S/C24H17F3N4O/c25-24(26,27)18-8-6-17(7-9-18)23(32)31-20-12-10-19(11-13-20)30-22-14-21(28-15-29-22)16-4-2-1-3-5-16/h1-15H,(H,31,32)(H,28,29,30). The van der Waals surface area contributed by atoms with Crippen LogP contribution in [0.1, 0.15) is 15.9 Å². The summed E-state index contributed by atoms with van der Waals surface area (Å²) in [7, 11) is 0. The maximum Gasteiger partial charge on any atom is 0.416 e. The van der Waals surface area contributed by atoms with Crippen LogP contribution in [0.5, 0.6) is 0 Å². The lowest BCUT2D eigenvalue weighted by Gasteiger charge is -2.10. The minimum absolute atomic E-state index is 0.134. The molecule has 3 aromatic carbocycles. The first kappa shape index (κ1) is 21.0. The highest BCUT2D eigenvalue weighted by molar-refractivity contribution is 6.04. The molecule has 0 aliphatic rings.